The van der Waals surface area contributed by atoms with Gasteiger partial charge in [-0.3, -0.25) is 14.4 Å². The number of hydrogen-bond donors (Lipinski definition) is 2. The molecular formula is C21H24N2O4. The van der Waals surface area contributed by atoms with Crippen molar-refractivity contribution in [3.63, 3.8) is 0 Å². The van der Waals surface area contributed by atoms with Crippen LogP contribution in [0, 0.1) is 23.7 Å². The summed E-state index contributed by atoms with van der Waals surface area (Å²) in [7, 11) is 0. The molecule has 3 aliphatic rings. The third-order valence-electron chi connectivity index (χ3n) is 6.09. The largest absolute Gasteiger partial charge is 0.481 e. The fourth-order valence-electron chi connectivity index (χ4n) is 4.72. The van der Waals surface area contributed by atoms with Gasteiger partial charge < -0.3 is 15.3 Å². The summed E-state index contributed by atoms with van der Waals surface area (Å²) < 4.78 is 0. The highest BCUT2D eigenvalue weighted by molar-refractivity contribution is 5.98. The average Bonchev–Trinajstić information content (AvgIpc) is 3.30. The van der Waals surface area contributed by atoms with E-state index in [-0.39, 0.29) is 23.7 Å². The number of amides is 2. The van der Waals surface area contributed by atoms with Crippen molar-refractivity contribution in [1.29, 1.82) is 0 Å². The van der Waals surface area contributed by atoms with Crippen LogP contribution in [0.2, 0.25) is 0 Å². The SMILES string of the molecule is O=C(O)[C@@H]1[C@H](C(=O)Nc2ccc(C(=O)N3CCCCC3)cc2)[C@H]2C=C[C@H]1C2. The van der Waals surface area contributed by atoms with Gasteiger partial charge in [-0.1, -0.05) is 12.2 Å². The Balaban J connectivity index is 1.42. The van der Waals surface area contributed by atoms with E-state index >= 15 is 0 Å². The number of benzene rings is 1. The van der Waals surface area contributed by atoms with Gasteiger partial charge in [0.15, 0.2) is 0 Å². The lowest BCUT2D eigenvalue weighted by Crippen LogP contribution is -2.36. The van der Waals surface area contributed by atoms with Crippen molar-refractivity contribution < 1.29 is 19.5 Å². The number of anilines is 1. The lowest BCUT2D eigenvalue weighted by Gasteiger charge is -2.27. The van der Waals surface area contributed by atoms with Crippen LogP contribution in [0.5, 0.6) is 0 Å². The molecule has 2 N–H and O–H groups in total. The van der Waals surface area contributed by atoms with E-state index in [0.29, 0.717) is 11.3 Å². The molecule has 1 saturated heterocycles. The van der Waals surface area contributed by atoms with Gasteiger partial charge in [-0.25, -0.2) is 0 Å². The van der Waals surface area contributed by atoms with Gasteiger partial charge in [-0.05, 0) is 61.8 Å². The Hall–Kier alpha value is -2.63. The number of carboxylic acid groups (broad SMARTS) is 1. The molecule has 1 heterocycles. The van der Waals surface area contributed by atoms with Crippen molar-refractivity contribution in [2.45, 2.75) is 25.7 Å². The lowest BCUT2D eigenvalue weighted by atomic mass is 9.82. The van der Waals surface area contributed by atoms with Crippen LogP contribution in [-0.2, 0) is 9.59 Å². The van der Waals surface area contributed by atoms with Crippen LogP contribution in [0.25, 0.3) is 0 Å². The van der Waals surface area contributed by atoms with Gasteiger partial charge in [0.2, 0.25) is 5.91 Å². The molecule has 2 bridgehead atoms. The first-order chi connectivity index (χ1) is 13.0. The highest BCUT2D eigenvalue weighted by atomic mass is 16.4. The minimum Gasteiger partial charge on any atom is -0.481 e. The summed E-state index contributed by atoms with van der Waals surface area (Å²) in [6, 6.07) is 6.88. The van der Waals surface area contributed by atoms with Crippen molar-refractivity contribution in [3.05, 3.63) is 42.0 Å². The van der Waals surface area contributed by atoms with Gasteiger partial charge >= 0.3 is 5.97 Å². The monoisotopic (exact) mass is 368 g/mol. The summed E-state index contributed by atoms with van der Waals surface area (Å²) in [5, 5.41) is 12.3. The normalized spacial score (nSPS) is 29.0. The number of nitrogens with one attached hydrogen (secondary N) is 1. The predicted octanol–water partition coefficient (Wildman–Crippen LogP) is 2.77. The lowest BCUT2D eigenvalue weighted by molar-refractivity contribution is -0.146. The molecule has 1 saturated carbocycles. The molecule has 0 aromatic heterocycles. The Bertz CT molecular complexity index is 780. The number of hydrogen-bond acceptors (Lipinski definition) is 3. The first-order valence-corrected chi connectivity index (χ1v) is 9.66. The molecular weight excluding hydrogens is 344 g/mol. The zero-order valence-electron chi connectivity index (χ0n) is 15.1. The van der Waals surface area contributed by atoms with E-state index in [1.165, 1.54) is 6.42 Å². The maximum absolute atomic E-state index is 12.7. The smallest absolute Gasteiger partial charge is 0.307 e. The molecule has 142 valence electrons. The zero-order chi connectivity index (χ0) is 19.0. The minimum atomic E-state index is -0.908. The number of likely N-dealkylation sites (tertiary alicyclic amines) is 1. The van der Waals surface area contributed by atoms with Crippen LogP contribution in [0.3, 0.4) is 0 Å². The molecule has 6 heteroatoms. The van der Waals surface area contributed by atoms with Gasteiger partial charge in [-0.2, -0.15) is 0 Å². The van der Waals surface area contributed by atoms with Crippen LogP contribution in [0.15, 0.2) is 36.4 Å². The molecule has 0 radical (unpaired) electrons. The third-order valence-corrected chi connectivity index (χ3v) is 6.09. The van der Waals surface area contributed by atoms with Crippen LogP contribution in [-0.4, -0.2) is 40.9 Å². The van der Waals surface area contributed by atoms with Crippen molar-refractivity contribution in [1.82, 2.24) is 4.90 Å². The molecule has 0 spiro atoms. The summed E-state index contributed by atoms with van der Waals surface area (Å²) in [5.41, 5.74) is 1.20. The van der Waals surface area contributed by atoms with E-state index in [0.717, 1.165) is 32.4 Å². The topological polar surface area (TPSA) is 86.7 Å². The van der Waals surface area contributed by atoms with E-state index in [1.807, 2.05) is 17.1 Å². The average molecular weight is 368 g/mol. The Kier molecular flexibility index (Phi) is 4.72. The van der Waals surface area contributed by atoms with Crippen LogP contribution >= 0.6 is 0 Å². The first kappa shape index (κ1) is 17.8. The van der Waals surface area contributed by atoms with Gasteiger partial charge in [0.25, 0.3) is 5.91 Å². The van der Waals surface area contributed by atoms with E-state index in [2.05, 4.69) is 5.32 Å². The molecule has 27 heavy (non-hydrogen) atoms. The Morgan fingerprint density at radius 1 is 0.926 bits per heavy atom. The van der Waals surface area contributed by atoms with Crippen molar-refractivity contribution in [2.24, 2.45) is 23.7 Å². The fourth-order valence-corrected chi connectivity index (χ4v) is 4.72. The molecule has 2 fully saturated rings. The molecule has 4 atom stereocenters. The third kappa shape index (κ3) is 3.36. The number of fused-ring (bicyclic) bond motifs is 2. The second-order valence-corrected chi connectivity index (χ2v) is 7.76. The molecule has 2 amide bonds. The summed E-state index contributed by atoms with van der Waals surface area (Å²) in [4.78, 5) is 38.7. The van der Waals surface area contributed by atoms with E-state index in [4.69, 9.17) is 0 Å². The van der Waals surface area contributed by atoms with Crippen molar-refractivity contribution >= 4 is 23.5 Å². The van der Waals surface area contributed by atoms with E-state index in [1.54, 1.807) is 24.3 Å². The number of nitrogens with zero attached hydrogens (tertiary/aromatic N) is 1. The van der Waals surface area contributed by atoms with Gasteiger partial charge in [0.1, 0.15) is 0 Å². The second kappa shape index (κ2) is 7.18. The number of allylic oxidation sites excluding steroid dienone is 2. The molecule has 1 aliphatic heterocycles. The van der Waals surface area contributed by atoms with Gasteiger partial charge in [-0.15, -0.1) is 0 Å². The molecule has 6 nitrogen and oxygen atoms in total. The fraction of sp³-hybridized carbons (Fsp3) is 0.476. The van der Waals surface area contributed by atoms with Crippen LogP contribution in [0.4, 0.5) is 5.69 Å². The maximum atomic E-state index is 12.7. The van der Waals surface area contributed by atoms with Crippen molar-refractivity contribution in [2.75, 3.05) is 18.4 Å². The van der Waals surface area contributed by atoms with Crippen molar-refractivity contribution in [3.8, 4) is 0 Å². The standard InChI is InChI=1S/C21H24N2O4/c24-19(17-14-4-5-15(12-14)18(17)21(26)27)22-16-8-6-13(7-9-16)20(25)23-10-2-1-3-11-23/h4-9,14-15,17-18H,1-3,10-12H2,(H,22,24)(H,26,27)/t14-,15-,17+,18-/m0/s1. The number of carbonyl (C=O) groups excluding carboxylic acids is 2. The Labute approximate surface area is 158 Å². The quantitative estimate of drug-likeness (QED) is 0.800. The summed E-state index contributed by atoms with van der Waals surface area (Å²) in [5.74, 6) is -2.38. The number of aliphatic carboxylic acids is 1. The minimum absolute atomic E-state index is 0.00366. The predicted molar refractivity (Wildman–Crippen MR) is 100 cm³/mol. The highest BCUT2D eigenvalue weighted by Gasteiger charge is 2.51. The maximum Gasteiger partial charge on any atom is 0.307 e. The van der Waals surface area contributed by atoms with Gasteiger partial charge in [0, 0.05) is 24.3 Å². The Morgan fingerprint density at radius 3 is 2.19 bits per heavy atom. The van der Waals surface area contributed by atoms with Gasteiger partial charge in [0.05, 0.1) is 11.8 Å². The number of rotatable bonds is 4. The number of piperidine rings is 1. The molecule has 1 aromatic rings. The van der Waals surface area contributed by atoms with E-state index in [9.17, 15) is 19.5 Å². The number of carboxylic acids is 1. The summed E-state index contributed by atoms with van der Waals surface area (Å²) in [6.07, 6.45) is 7.89. The molecule has 1 aromatic carbocycles. The summed E-state index contributed by atoms with van der Waals surface area (Å²) >= 11 is 0. The molecule has 4 rings (SSSR count). The first-order valence-electron chi connectivity index (χ1n) is 9.66. The Morgan fingerprint density at radius 2 is 1.56 bits per heavy atom. The highest BCUT2D eigenvalue weighted by Crippen LogP contribution is 2.48. The number of carbonyl (C=O) groups is 3. The van der Waals surface area contributed by atoms with Crippen LogP contribution in [0.1, 0.15) is 36.0 Å². The summed E-state index contributed by atoms with van der Waals surface area (Å²) in [6.45, 7) is 1.59. The zero-order valence-corrected chi connectivity index (χ0v) is 15.1. The molecule has 0 unspecified atom stereocenters. The second-order valence-electron chi connectivity index (χ2n) is 7.76. The van der Waals surface area contributed by atoms with Crippen LogP contribution < -0.4 is 5.32 Å². The van der Waals surface area contributed by atoms with E-state index < -0.39 is 17.8 Å². The molecule has 2 aliphatic carbocycles.